The summed E-state index contributed by atoms with van der Waals surface area (Å²) in [6.07, 6.45) is 12.0. The van der Waals surface area contributed by atoms with Crippen LogP contribution in [0.1, 0.15) is 71.1 Å². The lowest BCUT2D eigenvalue weighted by Gasteiger charge is -2.56. The van der Waals surface area contributed by atoms with Gasteiger partial charge in [0.1, 0.15) is 0 Å². The Morgan fingerprint density at radius 2 is 1.67 bits per heavy atom. The van der Waals surface area contributed by atoms with Crippen molar-refractivity contribution in [1.29, 1.82) is 0 Å². The van der Waals surface area contributed by atoms with Crippen molar-refractivity contribution in [3.05, 3.63) is 0 Å². The number of piperidine rings is 1. The van der Waals surface area contributed by atoms with Gasteiger partial charge in [0.05, 0.1) is 6.54 Å². The van der Waals surface area contributed by atoms with Crippen LogP contribution in [-0.4, -0.2) is 35.8 Å². The average Bonchev–Trinajstić information content (AvgIpc) is 2.51. The maximum Gasteiger partial charge on any atom is 0.242 e. The highest BCUT2D eigenvalue weighted by Crippen LogP contribution is 2.61. The molecule has 0 aromatic heterocycles. The SMILES string of the molecule is CC1CCCCN1C(=O)CNC(=O)CC12CC3CC(CC(C3)C1)C2. The summed E-state index contributed by atoms with van der Waals surface area (Å²) in [4.78, 5) is 26.9. The minimum absolute atomic E-state index is 0.0982. The molecule has 1 saturated heterocycles. The molecule has 0 spiro atoms. The molecular formula is C20H32N2O2. The zero-order valence-corrected chi connectivity index (χ0v) is 15.1. The number of likely N-dealkylation sites (tertiary alicyclic amines) is 1. The molecule has 5 aliphatic rings. The van der Waals surface area contributed by atoms with Crippen molar-refractivity contribution in [1.82, 2.24) is 10.2 Å². The summed E-state index contributed by atoms with van der Waals surface area (Å²) in [5.41, 5.74) is 0.264. The molecule has 1 aliphatic heterocycles. The zero-order chi connectivity index (χ0) is 16.7. The van der Waals surface area contributed by atoms with Crippen molar-refractivity contribution in [3.63, 3.8) is 0 Å². The van der Waals surface area contributed by atoms with E-state index in [2.05, 4.69) is 12.2 Å². The molecule has 1 unspecified atom stereocenters. The number of carbonyl (C=O) groups is 2. The predicted octanol–water partition coefficient (Wildman–Crippen LogP) is 3.11. The molecule has 5 rings (SSSR count). The number of nitrogens with zero attached hydrogens (tertiary/aromatic N) is 1. The molecule has 134 valence electrons. The molecule has 24 heavy (non-hydrogen) atoms. The first-order valence-electron chi connectivity index (χ1n) is 10.1. The van der Waals surface area contributed by atoms with Crippen LogP contribution in [-0.2, 0) is 9.59 Å². The fourth-order valence-corrected chi connectivity index (χ4v) is 6.65. The van der Waals surface area contributed by atoms with Crippen LogP contribution < -0.4 is 5.32 Å². The minimum atomic E-state index is 0.0982. The Bertz CT molecular complexity index is 480. The third-order valence-corrected chi connectivity index (χ3v) is 7.26. The molecule has 4 nitrogen and oxygen atoms in total. The molecule has 0 aromatic rings. The summed E-state index contributed by atoms with van der Waals surface area (Å²) in [7, 11) is 0. The summed E-state index contributed by atoms with van der Waals surface area (Å²) < 4.78 is 0. The van der Waals surface area contributed by atoms with Gasteiger partial charge in [0, 0.05) is 19.0 Å². The Balaban J connectivity index is 1.28. The fourth-order valence-electron chi connectivity index (χ4n) is 6.65. The van der Waals surface area contributed by atoms with E-state index < -0.39 is 0 Å². The van der Waals surface area contributed by atoms with Gasteiger partial charge in [-0.15, -0.1) is 0 Å². The van der Waals surface area contributed by atoms with Gasteiger partial charge in [-0.1, -0.05) is 0 Å². The van der Waals surface area contributed by atoms with Crippen LogP contribution in [0.25, 0.3) is 0 Å². The van der Waals surface area contributed by atoms with Gasteiger partial charge < -0.3 is 10.2 Å². The molecule has 0 aromatic carbocycles. The minimum Gasteiger partial charge on any atom is -0.347 e. The van der Waals surface area contributed by atoms with Gasteiger partial charge in [0.25, 0.3) is 0 Å². The summed E-state index contributed by atoms with van der Waals surface area (Å²) in [5, 5.41) is 2.95. The van der Waals surface area contributed by atoms with Gasteiger partial charge in [0.15, 0.2) is 0 Å². The van der Waals surface area contributed by atoms with Crippen molar-refractivity contribution in [3.8, 4) is 0 Å². The maximum atomic E-state index is 12.5. The normalized spacial score (nSPS) is 40.6. The number of amides is 2. The topological polar surface area (TPSA) is 49.4 Å². The fraction of sp³-hybridized carbons (Fsp3) is 0.900. The average molecular weight is 332 g/mol. The van der Waals surface area contributed by atoms with Crippen LogP contribution in [0.5, 0.6) is 0 Å². The van der Waals surface area contributed by atoms with E-state index >= 15 is 0 Å². The third kappa shape index (κ3) is 3.21. The van der Waals surface area contributed by atoms with Crippen LogP contribution >= 0.6 is 0 Å². The second kappa shape index (κ2) is 6.34. The molecule has 2 amide bonds. The monoisotopic (exact) mass is 332 g/mol. The Labute approximate surface area is 145 Å². The van der Waals surface area contributed by atoms with E-state index in [9.17, 15) is 9.59 Å². The van der Waals surface area contributed by atoms with Crippen molar-refractivity contribution in [2.75, 3.05) is 13.1 Å². The molecule has 5 fully saturated rings. The molecule has 1 atom stereocenters. The first-order valence-corrected chi connectivity index (χ1v) is 10.1. The highest BCUT2D eigenvalue weighted by molar-refractivity contribution is 5.85. The van der Waals surface area contributed by atoms with E-state index in [1.807, 2.05) is 4.90 Å². The maximum absolute atomic E-state index is 12.5. The molecular weight excluding hydrogens is 300 g/mol. The summed E-state index contributed by atoms with van der Waals surface area (Å²) in [6, 6.07) is 0.325. The quantitative estimate of drug-likeness (QED) is 0.860. The van der Waals surface area contributed by atoms with Crippen molar-refractivity contribution in [2.45, 2.75) is 77.2 Å². The predicted molar refractivity (Wildman–Crippen MR) is 93.3 cm³/mol. The van der Waals surface area contributed by atoms with Gasteiger partial charge in [-0.2, -0.15) is 0 Å². The summed E-state index contributed by atoms with van der Waals surface area (Å²) in [5.74, 6) is 2.83. The second-order valence-corrected chi connectivity index (χ2v) is 9.30. The highest BCUT2D eigenvalue weighted by atomic mass is 16.2. The van der Waals surface area contributed by atoms with Gasteiger partial charge in [-0.3, -0.25) is 9.59 Å². The van der Waals surface area contributed by atoms with E-state index in [-0.39, 0.29) is 23.8 Å². The second-order valence-electron chi connectivity index (χ2n) is 9.30. The van der Waals surface area contributed by atoms with Gasteiger partial charge in [0.2, 0.25) is 11.8 Å². The lowest BCUT2D eigenvalue weighted by Crippen LogP contribution is -2.49. The molecule has 4 saturated carbocycles. The molecule has 1 heterocycles. The van der Waals surface area contributed by atoms with Crippen LogP contribution in [0.3, 0.4) is 0 Å². The Kier molecular flexibility index (Phi) is 4.34. The van der Waals surface area contributed by atoms with Gasteiger partial charge in [-0.25, -0.2) is 0 Å². The van der Waals surface area contributed by atoms with E-state index in [4.69, 9.17) is 0 Å². The third-order valence-electron chi connectivity index (χ3n) is 7.26. The number of hydrogen-bond acceptors (Lipinski definition) is 2. The molecule has 4 heteroatoms. The summed E-state index contributed by atoms with van der Waals surface area (Å²) in [6.45, 7) is 3.16. The number of nitrogens with one attached hydrogen (secondary N) is 1. The van der Waals surface area contributed by atoms with Crippen LogP contribution in [0.2, 0.25) is 0 Å². The Morgan fingerprint density at radius 3 is 2.25 bits per heavy atom. The standard InChI is InChI=1S/C20H32N2O2/c1-14-4-2-3-5-22(14)19(24)13-21-18(23)12-20-9-15-6-16(10-20)8-17(7-15)11-20/h14-17H,2-13H2,1H3,(H,21,23). The molecule has 4 bridgehead atoms. The van der Waals surface area contributed by atoms with Crippen molar-refractivity contribution >= 4 is 11.8 Å². The van der Waals surface area contributed by atoms with Gasteiger partial charge >= 0.3 is 0 Å². The summed E-state index contributed by atoms with van der Waals surface area (Å²) >= 11 is 0. The number of hydrogen-bond donors (Lipinski definition) is 1. The van der Waals surface area contributed by atoms with Crippen molar-refractivity contribution in [2.24, 2.45) is 23.2 Å². The van der Waals surface area contributed by atoms with Crippen LogP contribution in [0.4, 0.5) is 0 Å². The van der Waals surface area contributed by atoms with E-state index in [1.165, 1.54) is 44.9 Å². The highest BCUT2D eigenvalue weighted by Gasteiger charge is 2.51. The molecule has 1 N–H and O–H groups in total. The Hall–Kier alpha value is -1.06. The largest absolute Gasteiger partial charge is 0.347 e. The van der Waals surface area contributed by atoms with Gasteiger partial charge in [-0.05, 0) is 87.9 Å². The number of rotatable bonds is 4. The first kappa shape index (κ1) is 16.4. The Morgan fingerprint density at radius 1 is 1.04 bits per heavy atom. The zero-order valence-electron chi connectivity index (χ0n) is 15.1. The van der Waals surface area contributed by atoms with E-state index in [1.54, 1.807) is 0 Å². The van der Waals surface area contributed by atoms with Crippen LogP contribution in [0.15, 0.2) is 0 Å². The smallest absolute Gasteiger partial charge is 0.242 e. The van der Waals surface area contributed by atoms with Crippen LogP contribution in [0, 0.1) is 23.2 Å². The lowest BCUT2D eigenvalue weighted by atomic mass is 9.49. The molecule has 0 radical (unpaired) electrons. The van der Waals surface area contributed by atoms with E-state index in [0.717, 1.165) is 37.1 Å². The number of carbonyl (C=O) groups excluding carboxylic acids is 2. The molecule has 4 aliphatic carbocycles. The first-order chi connectivity index (χ1) is 11.5. The van der Waals surface area contributed by atoms with Crippen molar-refractivity contribution < 1.29 is 9.59 Å². The van der Waals surface area contributed by atoms with E-state index in [0.29, 0.717) is 12.5 Å². The lowest BCUT2D eigenvalue weighted by molar-refractivity contribution is -0.137.